The van der Waals surface area contributed by atoms with Crippen molar-refractivity contribution in [3.8, 4) is 11.4 Å². The van der Waals surface area contributed by atoms with Gasteiger partial charge in [0.15, 0.2) is 11.5 Å². The number of carbonyl (C=O) groups excluding carboxylic acids is 1. The molecule has 0 amide bonds. The van der Waals surface area contributed by atoms with E-state index in [9.17, 15) is 9.18 Å². The summed E-state index contributed by atoms with van der Waals surface area (Å²) in [4.78, 5) is 33.6. The van der Waals surface area contributed by atoms with Crippen LogP contribution >= 0.6 is 15.9 Å². The van der Waals surface area contributed by atoms with Crippen LogP contribution in [0.1, 0.15) is 53.3 Å². The summed E-state index contributed by atoms with van der Waals surface area (Å²) < 4.78 is 19.8. The normalized spacial score (nSPS) is 22.3. The fraction of sp³-hybridized carbons (Fsp3) is 0.261. The first kappa shape index (κ1) is 19.5. The van der Waals surface area contributed by atoms with Gasteiger partial charge in [0.1, 0.15) is 22.8 Å². The molecule has 6 rings (SSSR count). The van der Waals surface area contributed by atoms with Crippen LogP contribution in [0, 0.1) is 5.82 Å². The van der Waals surface area contributed by atoms with Crippen LogP contribution in [0.15, 0.2) is 47.3 Å². The van der Waals surface area contributed by atoms with Crippen LogP contribution in [-0.4, -0.2) is 30.9 Å². The molecule has 1 aromatic carbocycles. The van der Waals surface area contributed by atoms with Crippen molar-refractivity contribution < 1.29 is 13.9 Å². The SMILES string of the molecule is O=C1O[C@]2(CC[C@H](c3nc4nc(-c5ccc(F)cc5Br)ncc4[nH]3)CC2)c2cnccc21. The highest BCUT2D eigenvalue weighted by molar-refractivity contribution is 9.10. The first-order valence-corrected chi connectivity index (χ1v) is 11.2. The van der Waals surface area contributed by atoms with Crippen LogP contribution in [0.3, 0.4) is 0 Å². The van der Waals surface area contributed by atoms with Crippen molar-refractivity contribution in [2.24, 2.45) is 0 Å². The molecule has 1 fully saturated rings. The Bertz CT molecular complexity index is 1380. The monoisotopic (exact) mass is 493 g/mol. The molecule has 160 valence electrons. The number of nitrogens with zero attached hydrogens (tertiary/aromatic N) is 4. The first-order chi connectivity index (χ1) is 15.5. The summed E-state index contributed by atoms with van der Waals surface area (Å²) in [5, 5.41) is 0. The van der Waals surface area contributed by atoms with Gasteiger partial charge in [-0.15, -0.1) is 0 Å². The standard InChI is InChI=1S/C23H17BrFN5O2/c24-17-9-13(25)1-2-15(17)20-27-11-18-21(30-20)29-19(28-18)12-3-6-23(7-4-12)16-10-26-8-5-14(16)22(31)32-23/h1-2,5,8-12H,3-4,6-7H2,(H,27,28,29,30)/t12-,23-. The molecule has 0 radical (unpaired) electrons. The Labute approximate surface area is 190 Å². The molecule has 2 aliphatic rings. The predicted octanol–water partition coefficient (Wildman–Crippen LogP) is 5.04. The minimum atomic E-state index is -0.578. The molecule has 1 saturated carbocycles. The number of hydrogen-bond acceptors (Lipinski definition) is 6. The van der Waals surface area contributed by atoms with Crippen molar-refractivity contribution in [3.63, 3.8) is 0 Å². The Morgan fingerprint density at radius 1 is 1.12 bits per heavy atom. The van der Waals surface area contributed by atoms with Gasteiger partial charge in [-0.3, -0.25) is 4.98 Å². The molecule has 32 heavy (non-hydrogen) atoms. The van der Waals surface area contributed by atoms with Crippen molar-refractivity contribution in [2.45, 2.75) is 37.2 Å². The van der Waals surface area contributed by atoms with Gasteiger partial charge >= 0.3 is 5.97 Å². The third-order valence-corrected chi connectivity index (χ3v) is 7.09. The lowest BCUT2D eigenvalue weighted by molar-refractivity contribution is -0.0313. The minimum Gasteiger partial charge on any atom is -0.450 e. The van der Waals surface area contributed by atoms with Gasteiger partial charge in [0.05, 0.1) is 11.8 Å². The average molecular weight is 494 g/mol. The number of aromatic nitrogens is 5. The molecule has 1 aliphatic heterocycles. The zero-order valence-electron chi connectivity index (χ0n) is 16.8. The molecule has 0 bridgehead atoms. The number of carbonyl (C=O) groups is 1. The molecule has 3 aromatic heterocycles. The highest BCUT2D eigenvalue weighted by Crippen LogP contribution is 2.49. The second-order valence-electron chi connectivity index (χ2n) is 8.26. The Balaban J connectivity index is 1.26. The molecule has 0 atom stereocenters. The molecule has 1 aliphatic carbocycles. The number of rotatable bonds is 2. The second kappa shape index (κ2) is 7.16. The van der Waals surface area contributed by atoms with E-state index >= 15 is 0 Å². The van der Waals surface area contributed by atoms with E-state index in [4.69, 9.17) is 9.72 Å². The van der Waals surface area contributed by atoms with E-state index in [0.717, 1.165) is 42.6 Å². The smallest absolute Gasteiger partial charge is 0.339 e. The minimum absolute atomic E-state index is 0.204. The van der Waals surface area contributed by atoms with Crippen LogP contribution < -0.4 is 0 Å². The molecular formula is C23H17BrFN5O2. The lowest BCUT2D eigenvalue weighted by Gasteiger charge is -2.35. The van der Waals surface area contributed by atoms with Crippen molar-refractivity contribution in [1.82, 2.24) is 24.9 Å². The van der Waals surface area contributed by atoms with Gasteiger partial charge in [-0.2, -0.15) is 0 Å². The second-order valence-corrected chi connectivity index (χ2v) is 9.11. The largest absolute Gasteiger partial charge is 0.450 e. The third kappa shape index (κ3) is 3.02. The molecule has 7 nitrogen and oxygen atoms in total. The summed E-state index contributed by atoms with van der Waals surface area (Å²) in [6.45, 7) is 0. The van der Waals surface area contributed by atoms with E-state index < -0.39 is 5.60 Å². The molecule has 1 N–H and O–H groups in total. The van der Waals surface area contributed by atoms with Crippen molar-refractivity contribution in [2.75, 3.05) is 0 Å². The third-order valence-electron chi connectivity index (χ3n) is 6.43. The van der Waals surface area contributed by atoms with Crippen LogP contribution in [0.2, 0.25) is 0 Å². The van der Waals surface area contributed by atoms with Gasteiger partial charge in [-0.05, 0) is 65.9 Å². The molecule has 1 spiro atoms. The van der Waals surface area contributed by atoms with E-state index in [1.54, 1.807) is 30.7 Å². The maximum absolute atomic E-state index is 13.4. The summed E-state index contributed by atoms with van der Waals surface area (Å²) >= 11 is 3.37. The van der Waals surface area contributed by atoms with Crippen LogP contribution in [0.4, 0.5) is 4.39 Å². The molecule has 0 unspecified atom stereocenters. The predicted molar refractivity (Wildman–Crippen MR) is 117 cm³/mol. The van der Waals surface area contributed by atoms with Crippen molar-refractivity contribution >= 4 is 33.1 Å². The summed E-state index contributed by atoms with van der Waals surface area (Å²) in [5.41, 5.74) is 2.97. The van der Waals surface area contributed by atoms with Crippen LogP contribution in [0.5, 0.6) is 0 Å². The maximum atomic E-state index is 13.4. The molecule has 4 heterocycles. The maximum Gasteiger partial charge on any atom is 0.339 e. The number of nitrogens with one attached hydrogen (secondary N) is 1. The number of pyridine rings is 1. The zero-order chi connectivity index (χ0) is 21.9. The summed E-state index contributed by atoms with van der Waals surface area (Å²) in [6.07, 6.45) is 8.17. The van der Waals surface area contributed by atoms with Crippen molar-refractivity contribution in [3.05, 3.63) is 70.1 Å². The summed E-state index contributed by atoms with van der Waals surface area (Å²) in [5.74, 6) is 0.946. The Morgan fingerprint density at radius 3 is 2.78 bits per heavy atom. The molecule has 4 aromatic rings. The molecular weight excluding hydrogens is 477 g/mol. The Morgan fingerprint density at radius 2 is 1.97 bits per heavy atom. The van der Waals surface area contributed by atoms with Gasteiger partial charge in [0.2, 0.25) is 0 Å². The van der Waals surface area contributed by atoms with Gasteiger partial charge in [0.25, 0.3) is 0 Å². The van der Waals surface area contributed by atoms with Gasteiger partial charge in [0, 0.05) is 33.9 Å². The van der Waals surface area contributed by atoms with E-state index in [2.05, 4.69) is 35.9 Å². The lowest BCUT2D eigenvalue weighted by Crippen LogP contribution is -2.31. The average Bonchev–Trinajstić information content (AvgIpc) is 3.33. The number of benzene rings is 1. The Hall–Kier alpha value is -3.20. The number of halogens is 2. The topological polar surface area (TPSA) is 93.6 Å². The van der Waals surface area contributed by atoms with Gasteiger partial charge in [-0.25, -0.2) is 24.1 Å². The number of imidazole rings is 1. The Kier molecular flexibility index (Phi) is 4.36. The lowest BCUT2D eigenvalue weighted by atomic mass is 9.75. The number of aromatic amines is 1. The fourth-order valence-electron chi connectivity index (χ4n) is 4.77. The number of esters is 1. The number of ether oxygens (including phenoxy) is 1. The zero-order valence-corrected chi connectivity index (χ0v) is 18.4. The summed E-state index contributed by atoms with van der Waals surface area (Å²) in [6, 6.07) is 6.14. The van der Waals surface area contributed by atoms with E-state index in [1.807, 2.05) is 0 Å². The van der Waals surface area contributed by atoms with Crippen molar-refractivity contribution in [1.29, 1.82) is 0 Å². The summed E-state index contributed by atoms with van der Waals surface area (Å²) in [7, 11) is 0. The highest BCUT2D eigenvalue weighted by atomic mass is 79.9. The van der Waals surface area contributed by atoms with E-state index in [0.29, 0.717) is 27.1 Å². The first-order valence-electron chi connectivity index (χ1n) is 10.4. The highest BCUT2D eigenvalue weighted by Gasteiger charge is 2.48. The number of H-pyrrole nitrogens is 1. The quantitative estimate of drug-likeness (QED) is 0.393. The van der Waals surface area contributed by atoms with Crippen LogP contribution in [0.25, 0.3) is 22.6 Å². The van der Waals surface area contributed by atoms with Gasteiger partial charge in [-0.1, -0.05) is 0 Å². The number of hydrogen-bond donors (Lipinski definition) is 1. The molecule has 9 heteroatoms. The number of fused-ring (bicyclic) bond motifs is 3. The fourth-order valence-corrected chi connectivity index (χ4v) is 5.30. The van der Waals surface area contributed by atoms with E-state index in [1.165, 1.54) is 12.1 Å². The van der Waals surface area contributed by atoms with Gasteiger partial charge < -0.3 is 9.72 Å². The molecule has 0 saturated heterocycles. The van der Waals surface area contributed by atoms with Crippen LogP contribution in [-0.2, 0) is 10.3 Å². The van der Waals surface area contributed by atoms with E-state index in [-0.39, 0.29) is 17.7 Å².